The molecule has 0 aliphatic heterocycles. The molecule has 0 radical (unpaired) electrons. The molecule has 0 saturated carbocycles. The Morgan fingerprint density at radius 1 is 1.00 bits per heavy atom. The first-order valence-corrected chi connectivity index (χ1v) is 9.16. The molecule has 1 aromatic carbocycles. The summed E-state index contributed by atoms with van der Waals surface area (Å²) in [5.41, 5.74) is 5.36. The molecule has 6 nitrogen and oxygen atoms in total. The zero-order chi connectivity index (χ0) is 17.9. The molecule has 7 heteroatoms. The fourth-order valence-electron chi connectivity index (χ4n) is 2.60. The maximum absolute atomic E-state index is 4.91. The number of hydrogen-bond donors (Lipinski definition) is 0. The summed E-state index contributed by atoms with van der Waals surface area (Å²) in [4.78, 5) is 4.09. The van der Waals surface area contributed by atoms with Crippen molar-refractivity contribution in [3.8, 4) is 17.1 Å². The highest BCUT2D eigenvalue weighted by molar-refractivity contribution is 7.98. The maximum atomic E-state index is 4.91. The first kappa shape index (κ1) is 16.5. The molecule has 0 saturated heterocycles. The molecule has 0 aliphatic carbocycles. The third kappa shape index (κ3) is 3.25. The Hall–Kier alpha value is -2.93. The lowest BCUT2D eigenvalue weighted by Crippen LogP contribution is -2.01. The summed E-state index contributed by atoms with van der Waals surface area (Å²) in [5, 5.41) is 13.6. The fourth-order valence-corrected chi connectivity index (χ4v) is 3.44. The Morgan fingerprint density at radius 3 is 2.58 bits per heavy atom. The largest absolute Gasteiger partial charge is 0.364 e. The molecule has 0 unspecified atom stereocenters. The summed E-state index contributed by atoms with van der Waals surface area (Å²) in [7, 11) is 0. The molecule has 0 N–H and O–H groups in total. The van der Waals surface area contributed by atoms with Crippen LogP contribution < -0.4 is 0 Å². The quantitative estimate of drug-likeness (QED) is 0.494. The van der Waals surface area contributed by atoms with Crippen molar-refractivity contribution in [2.24, 2.45) is 0 Å². The molecule has 0 fully saturated rings. The van der Waals surface area contributed by atoms with Crippen LogP contribution in [0.25, 0.3) is 17.1 Å². The van der Waals surface area contributed by atoms with Gasteiger partial charge in [-0.1, -0.05) is 23.0 Å². The van der Waals surface area contributed by atoms with E-state index in [0.29, 0.717) is 5.75 Å². The number of nitrogens with zero attached hydrogens (tertiary/aromatic N) is 5. The van der Waals surface area contributed by atoms with Gasteiger partial charge >= 0.3 is 0 Å². The van der Waals surface area contributed by atoms with Gasteiger partial charge in [-0.05, 0) is 49.2 Å². The number of thioether (sulfide) groups is 1. The summed E-state index contributed by atoms with van der Waals surface area (Å²) in [6.45, 7) is 4.22. The van der Waals surface area contributed by atoms with Crippen molar-refractivity contribution >= 4 is 11.8 Å². The van der Waals surface area contributed by atoms with Crippen LogP contribution in [0.3, 0.4) is 0 Å². The molecule has 0 spiro atoms. The van der Waals surface area contributed by atoms with Gasteiger partial charge < -0.3 is 4.52 Å². The third-order valence-corrected chi connectivity index (χ3v) is 5.12. The minimum absolute atomic E-state index is 0.663. The van der Waals surface area contributed by atoms with E-state index in [-0.39, 0.29) is 0 Å². The zero-order valence-corrected chi connectivity index (χ0v) is 15.3. The van der Waals surface area contributed by atoms with Crippen LogP contribution in [0.4, 0.5) is 0 Å². The average molecular weight is 363 g/mol. The van der Waals surface area contributed by atoms with Crippen LogP contribution in [0.1, 0.15) is 16.8 Å². The molecule has 26 heavy (non-hydrogen) atoms. The highest BCUT2D eigenvalue weighted by atomic mass is 32.2. The van der Waals surface area contributed by atoms with E-state index >= 15 is 0 Å². The maximum Gasteiger partial charge on any atom is 0.196 e. The van der Waals surface area contributed by atoms with E-state index in [1.807, 2.05) is 18.2 Å². The highest BCUT2D eigenvalue weighted by Gasteiger charge is 2.17. The second kappa shape index (κ2) is 7.13. The van der Waals surface area contributed by atoms with Crippen LogP contribution in [0, 0.1) is 13.8 Å². The summed E-state index contributed by atoms with van der Waals surface area (Å²) in [6, 6.07) is 12.1. The smallest absolute Gasteiger partial charge is 0.196 e. The number of benzene rings is 1. The zero-order valence-electron chi connectivity index (χ0n) is 14.5. The number of aryl methyl sites for hydroxylation is 2. The van der Waals surface area contributed by atoms with E-state index < -0.39 is 0 Å². The van der Waals surface area contributed by atoms with Crippen LogP contribution >= 0.6 is 11.8 Å². The summed E-state index contributed by atoms with van der Waals surface area (Å²) >= 11 is 1.58. The molecule has 4 rings (SSSR count). The monoisotopic (exact) mass is 363 g/mol. The van der Waals surface area contributed by atoms with Gasteiger partial charge in [-0.25, -0.2) is 0 Å². The Balaban J connectivity index is 1.78. The third-order valence-electron chi connectivity index (χ3n) is 4.16. The lowest BCUT2D eigenvalue weighted by molar-refractivity contribution is 0.414. The van der Waals surface area contributed by atoms with Gasteiger partial charge in [0.05, 0.1) is 11.4 Å². The van der Waals surface area contributed by atoms with Gasteiger partial charge in [0.2, 0.25) is 0 Å². The first-order chi connectivity index (χ1) is 12.7. The van der Waals surface area contributed by atoms with Crippen molar-refractivity contribution in [1.82, 2.24) is 24.9 Å². The fraction of sp³-hybridized carbons (Fsp3) is 0.158. The van der Waals surface area contributed by atoms with Gasteiger partial charge in [0.1, 0.15) is 6.26 Å². The minimum atomic E-state index is 0.663. The van der Waals surface area contributed by atoms with Gasteiger partial charge in [0, 0.05) is 29.8 Å². The standard InChI is InChI=1S/C19H17N5OS/c1-13-3-4-17(11-14(13)2)24-18(15-5-8-20-9-6-15)21-22-19(24)26-12-16-7-10-25-23-16/h3-11H,12H2,1-2H3. The van der Waals surface area contributed by atoms with E-state index in [2.05, 4.69) is 57.0 Å². The molecule has 0 aliphatic rings. The lowest BCUT2D eigenvalue weighted by atomic mass is 10.1. The molecular weight excluding hydrogens is 346 g/mol. The number of aromatic nitrogens is 5. The Labute approximate surface area is 155 Å². The van der Waals surface area contributed by atoms with Gasteiger partial charge in [0.25, 0.3) is 0 Å². The molecule has 4 aromatic rings. The summed E-state index contributed by atoms with van der Waals surface area (Å²) < 4.78 is 6.98. The van der Waals surface area contributed by atoms with Crippen LogP contribution in [-0.4, -0.2) is 24.9 Å². The predicted octanol–water partition coefficient (Wildman–Crippen LogP) is 4.23. The molecule has 0 amide bonds. The SMILES string of the molecule is Cc1ccc(-n2c(SCc3ccon3)nnc2-c2ccncc2)cc1C. The number of pyridine rings is 1. The van der Waals surface area contributed by atoms with Crippen molar-refractivity contribution in [2.45, 2.75) is 24.8 Å². The van der Waals surface area contributed by atoms with Crippen molar-refractivity contribution < 1.29 is 4.52 Å². The van der Waals surface area contributed by atoms with Gasteiger partial charge in [0.15, 0.2) is 11.0 Å². The van der Waals surface area contributed by atoms with E-state index in [1.54, 1.807) is 30.4 Å². The molecule has 0 atom stereocenters. The molecule has 0 bridgehead atoms. The molecular formula is C19H17N5OS. The highest BCUT2D eigenvalue weighted by Crippen LogP contribution is 2.30. The first-order valence-electron chi connectivity index (χ1n) is 8.18. The van der Waals surface area contributed by atoms with Crippen molar-refractivity contribution in [2.75, 3.05) is 0 Å². The number of hydrogen-bond acceptors (Lipinski definition) is 6. The van der Waals surface area contributed by atoms with Crippen LogP contribution in [0.5, 0.6) is 0 Å². The summed E-state index contributed by atoms with van der Waals surface area (Å²) in [5.74, 6) is 1.45. The van der Waals surface area contributed by atoms with Crippen LogP contribution in [0.2, 0.25) is 0 Å². The van der Waals surface area contributed by atoms with Crippen molar-refractivity contribution in [3.05, 3.63) is 71.9 Å². The Bertz CT molecular complexity index is 1010. The van der Waals surface area contributed by atoms with E-state index in [4.69, 9.17) is 4.52 Å². The van der Waals surface area contributed by atoms with Gasteiger partial charge in [-0.15, -0.1) is 10.2 Å². The normalized spacial score (nSPS) is 11.0. The second-order valence-electron chi connectivity index (χ2n) is 5.93. The molecule has 130 valence electrons. The minimum Gasteiger partial charge on any atom is -0.364 e. The average Bonchev–Trinajstić information content (AvgIpc) is 3.32. The van der Waals surface area contributed by atoms with Crippen molar-refractivity contribution in [1.29, 1.82) is 0 Å². The van der Waals surface area contributed by atoms with E-state index in [1.165, 1.54) is 11.1 Å². The van der Waals surface area contributed by atoms with E-state index in [9.17, 15) is 0 Å². The Kier molecular flexibility index (Phi) is 4.53. The topological polar surface area (TPSA) is 69.6 Å². The molecule has 3 heterocycles. The second-order valence-corrected chi connectivity index (χ2v) is 6.87. The van der Waals surface area contributed by atoms with Gasteiger partial charge in [-0.2, -0.15) is 0 Å². The van der Waals surface area contributed by atoms with E-state index in [0.717, 1.165) is 27.9 Å². The Morgan fingerprint density at radius 2 is 1.85 bits per heavy atom. The molecule has 3 aromatic heterocycles. The summed E-state index contributed by atoms with van der Waals surface area (Å²) in [6.07, 6.45) is 5.10. The lowest BCUT2D eigenvalue weighted by Gasteiger charge is -2.12. The van der Waals surface area contributed by atoms with Gasteiger partial charge in [-0.3, -0.25) is 9.55 Å². The number of rotatable bonds is 5. The van der Waals surface area contributed by atoms with Crippen molar-refractivity contribution in [3.63, 3.8) is 0 Å². The van der Waals surface area contributed by atoms with Crippen LogP contribution in [0.15, 0.2) is 64.7 Å². The predicted molar refractivity (Wildman–Crippen MR) is 100 cm³/mol. The van der Waals surface area contributed by atoms with Crippen LogP contribution in [-0.2, 0) is 5.75 Å².